The standard InChI is InChI=1S/C16H22OS/c1-16(2,3)18-11-15(17)14-10-5-4-9-13(14)12-7-6-8-12/h4-5,9-10,12H,6-8,11H2,1-3H3. The van der Waals surface area contributed by atoms with Crippen molar-refractivity contribution in [3.8, 4) is 0 Å². The van der Waals surface area contributed by atoms with Crippen LogP contribution < -0.4 is 0 Å². The molecule has 1 saturated carbocycles. The van der Waals surface area contributed by atoms with Crippen LogP contribution in [0.2, 0.25) is 0 Å². The van der Waals surface area contributed by atoms with Gasteiger partial charge >= 0.3 is 0 Å². The number of carbonyl (C=O) groups is 1. The monoisotopic (exact) mass is 262 g/mol. The minimum absolute atomic E-state index is 0.154. The maximum Gasteiger partial charge on any atom is 0.173 e. The minimum Gasteiger partial charge on any atom is -0.293 e. The van der Waals surface area contributed by atoms with E-state index in [-0.39, 0.29) is 10.5 Å². The summed E-state index contributed by atoms with van der Waals surface area (Å²) in [5.41, 5.74) is 2.24. The second-order valence-electron chi connectivity index (χ2n) is 6.04. The maximum atomic E-state index is 12.3. The van der Waals surface area contributed by atoms with E-state index in [0.717, 1.165) is 5.56 Å². The van der Waals surface area contributed by atoms with E-state index in [9.17, 15) is 4.79 Å². The van der Waals surface area contributed by atoms with Gasteiger partial charge in [-0.1, -0.05) is 51.5 Å². The molecule has 2 rings (SSSR count). The first-order chi connectivity index (χ1) is 8.47. The molecule has 0 bridgehead atoms. The van der Waals surface area contributed by atoms with Crippen molar-refractivity contribution in [1.82, 2.24) is 0 Å². The van der Waals surface area contributed by atoms with Crippen LogP contribution in [0.15, 0.2) is 24.3 Å². The van der Waals surface area contributed by atoms with Gasteiger partial charge in [-0.25, -0.2) is 0 Å². The number of hydrogen-bond acceptors (Lipinski definition) is 2. The summed E-state index contributed by atoms with van der Waals surface area (Å²) in [4.78, 5) is 12.3. The Morgan fingerprint density at radius 1 is 1.28 bits per heavy atom. The molecule has 1 nitrogen and oxygen atoms in total. The van der Waals surface area contributed by atoms with Crippen LogP contribution in [0.1, 0.15) is 61.9 Å². The number of rotatable bonds is 4. The first-order valence-electron chi connectivity index (χ1n) is 6.73. The van der Waals surface area contributed by atoms with Crippen LogP contribution in [0, 0.1) is 0 Å². The number of hydrogen-bond donors (Lipinski definition) is 0. The third-order valence-corrected chi connectivity index (χ3v) is 4.72. The van der Waals surface area contributed by atoms with Crippen LogP contribution in [-0.4, -0.2) is 16.3 Å². The lowest BCUT2D eigenvalue weighted by atomic mass is 9.78. The third-order valence-electron chi connectivity index (χ3n) is 3.44. The highest BCUT2D eigenvalue weighted by atomic mass is 32.2. The van der Waals surface area contributed by atoms with E-state index in [1.54, 1.807) is 11.8 Å². The number of Topliss-reactive ketones (excluding diaryl/α,β-unsaturated/α-hetero) is 1. The number of benzene rings is 1. The summed E-state index contributed by atoms with van der Waals surface area (Å²) in [5, 5.41) is 0. The lowest BCUT2D eigenvalue weighted by molar-refractivity contribution is 0.102. The zero-order valence-electron chi connectivity index (χ0n) is 11.5. The Balaban J connectivity index is 2.09. The summed E-state index contributed by atoms with van der Waals surface area (Å²) in [7, 11) is 0. The molecule has 0 unspecified atom stereocenters. The molecular weight excluding hydrogens is 240 g/mol. The predicted molar refractivity (Wildman–Crippen MR) is 79.6 cm³/mol. The van der Waals surface area contributed by atoms with E-state index in [2.05, 4.69) is 32.9 Å². The van der Waals surface area contributed by atoms with Crippen molar-refractivity contribution in [1.29, 1.82) is 0 Å². The van der Waals surface area contributed by atoms with E-state index in [4.69, 9.17) is 0 Å². The summed E-state index contributed by atoms with van der Waals surface area (Å²) >= 11 is 1.73. The first kappa shape index (κ1) is 13.7. The van der Waals surface area contributed by atoms with E-state index >= 15 is 0 Å². The second-order valence-corrected chi connectivity index (χ2v) is 7.84. The largest absolute Gasteiger partial charge is 0.293 e. The molecule has 0 atom stereocenters. The van der Waals surface area contributed by atoms with Gasteiger partial charge in [-0.3, -0.25) is 4.79 Å². The Hall–Kier alpha value is -0.760. The molecular formula is C16H22OS. The molecule has 0 amide bonds. The van der Waals surface area contributed by atoms with Gasteiger partial charge in [0, 0.05) is 10.3 Å². The quantitative estimate of drug-likeness (QED) is 0.734. The van der Waals surface area contributed by atoms with Gasteiger partial charge in [0.1, 0.15) is 0 Å². The molecule has 1 fully saturated rings. The van der Waals surface area contributed by atoms with Crippen molar-refractivity contribution in [2.45, 2.75) is 50.7 Å². The molecule has 1 aromatic rings. The molecule has 18 heavy (non-hydrogen) atoms. The van der Waals surface area contributed by atoms with E-state index < -0.39 is 0 Å². The molecule has 1 aliphatic carbocycles. The van der Waals surface area contributed by atoms with Crippen LogP contribution in [0.4, 0.5) is 0 Å². The van der Waals surface area contributed by atoms with Crippen LogP contribution in [-0.2, 0) is 0 Å². The molecule has 0 heterocycles. The lowest BCUT2D eigenvalue weighted by Gasteiger charge is -2.27. The van der Waals surface area contributed by atoms with Crippen molar-refractivity contribution in [2.24, 2.45) is 0 Å². The molecule has 98 valence electrons. The van der Waals surface area contributed by atoms with Crippen LogP contribution in [0.3, 0.4) is 0 Å². The molecule has 0 radical (unpaired) electrons. The topological polar surface area (TPSA) is 17.1 Å². The van der Waals surface area contributed by atoms with Crippen LogP contribution in [0.5, 0.6) is 0 Å². The lowest BCUT2D eigenvalue weighted by Crippen LogP contribution is -2.17. The smallest absolute Gasteiger partial charge is 0.173 e. The molecule has 2 heteroatoms. The Kier molecular flexibility index (Phi) is 4.16. The summed E-state index contributed by atoms with van der Waals surface area (Å²) in [6.45, 7) is 6.47. The molecule has 1 aromatic carbocycles. The Morgan fingerprint density at radius 3 is 2.50 bits per heavy atom. The molecule has 0 N–H and O–H groups in total. The molecule has 1 aliphatic rings. The zero-order valence-corrected chi connectivity index (χ0v) is 12.3. The fourth-order valence-corrected chi connectivity index (χ4v) is 2.91. The van der Waals surface area contributed by atoms with Gasteiger partial charge in [0.15, 0.2) is 5.78 Å². The maximum absolute atomic E-state index is 12.3. The number of ketones is 1. The Labute approximate surface area is 114 Å². The van der Waals surface area contributed by atoms with Gasteiger partial charge in [0.05, 0.1) is 5.75 Å². The van der Waals surface area contributed by atoms with Crippen molar-refractivity contribution < 1.29 is 4.79 Å². The average Bonchev–Trinajstić information content (AvgIpc) is 2.23. The summed E-state index contributed by atoms with van der Waals surface area (Å²) < 4.78 is 0.154. The van der Waals surface area contributed by atoms with Gasteiger partial charge in [0.2, 0.25) is 0 Å². The highest BCUT2D eigenvalue weighted by molar-refractivity contribution is 8.01. The summed E-state index contributed by atoms with van der Waals surface area (Å²) in [6, 6.07) is 8.18. The Morgan fingerprint density at radius 2 is 1.94 bits per heavy atom. The molecule has 0 aromatic heterocycles. The number of carbonyl (C=O) groups excluding carboxylic acids is 1. The SMILES string of the molecule is CC(C)(C)SCC(=O)c1ccccc1C1CCC1. The number of thioether (sulfide) groups is 1. The highest BCUT2D eigenvalue weighted by Crippen LogP contribution is 2.38. The zero-order chi connectivity index (χ0) is 13.2. The van der Waals surface area contributed by atoms with Crippen molar-refractivity contribution in [3.05, 3.63) is 35.4 Å². The van der Waals surface area contributed by atoms with E-state index in [1.165, 1.54) is 24.8 Å². The minimum atomic E-state index is 0.154. The molecule has 0 spiro atoms. The molecule has 0 aliphatic heterocycles. The van der Waals surface area contributed by atoms with Gasteiger partial charge < -0.3 is 0 Å². The van der Waals surface area contributed by atoms with E-state index in [1.807, 2.05) is 12.1 Å². The fourth-order valence-electron chi connectivity index (χ4n) is 2.19. The average molecular weight is 262 g/mol. The van der Waals surface area contributed by atoms with Crippen LogP contribution in [0.25, 0.3) is 0 Å². The normalized spacial score (nSPS) is 16.4. The molecule has 0 saturated heterocycles. The summed E-state index contributed by atoms with van der Waals surface area (Å²) in [5.74, 6) is 1.51. The third kappa shape index (κ3) is 3.38. The van der Waals surface area contributed by atoms with Gasteiger partial charge in [-0.2, -0.15) is 0 Å². The first-order valence-corrected chi connectivity index (χ1v) is 7.72. The van der Waals surface area contributed by atoms with Gasteiger partial charge in [-0.15, -0.1) is 11.8 Å². The summed E-state index contributed by atoms with van der Waals surface area (Å²) in [6.07, 6.45) is 3.80. The second kappa shape index (κ2) is 5.48. The van der Waals surface area contributed by atoms with Crippen LogP contribution >= 0.6 is 11.8 Å². The van der Waals surface area contributed by atoms with E-state index in [0.29, 0.717) is 11.7 Å². The van der Waals surface area contributed by atoms with Gasteiger partial charge in [-0.05, 0) is 24.3 Å². The van der Waals surface area contributed by atoms with Gasteiger partial charge in [0.25, 0.3) is 0 Å². The predicted octanol–water partition coefficient (Wildman–Crippen LogP) is 4.67. The van der Waals surface area contributed by atoms with Crippen molar-refractivity contribution >= 4 is 17.5 Å². The Bertz CT molecular complexity index is 427. The van der Waals surface area contributed by atoms with Crippen molar-refractivity contribution in [3.63, 3.8) is 0 Å². The highest BCUT2D eigenvalue weighted by Gasteiger charge is 2.24. The van der Waals surface area contributed by atoms with Crippen molar-refractivity contribution in [2.75, 3.05) is 5.75 Å². The fraction of sp³-hybridized carbons (Fsp3) is 0.562.